The zero-order valence-electron chi connectivity index (χ0n) is 12.7. The van der Waals surface area contributed by atoms with Gasteiger partial charge in [-0.3, -0.25) is 14.9 Å². The van der Waals surface area contributed by atoms with E-state index in [0.717, 1.165) is 16.3 Å². The predicted octanol–water partition coefficient (Wildman–Crippen LogP) is 2.94. The van der Waals surface area contributed by atoms with Crippen LogP contribution in [0.2, 0.25) is 0 Å². The molecule has 0 fully saturated rings. The Hall–Kier alpha value is -3.00. The molecule has 8 heteroatoms. The van der Waals surface area contributed by atoms with Gasteiger partial charge in [-0.15, -0.1) is 11.3 Å². The molecule has 7 nitrogen and oxygen atoms in total. The summed E-state index contributed by atoms with van der Waals surface area (Å²) < 4.78 is 6.41. The van der Waals surface area contributed by atoms with Crippen LogP contribution < -0.4 is 10.3 Å². The Balaban J connectivity index is 1.85. The van der Waals surface area contributed by atoms with Crippen LogP contribution in [0, 0.1) is 10.1 Å². The van der Waals surface area contributed by atoms with Crippen molar-refractivity contribution in [2.24, 2.45) is 0 Å². The van der Waals surface area contributed by atoms with Crippen LogP contribution in [0.1, 0.15) is 5.69 Å². The summed E-state index contributed by atoms with van der Waals surface area (Å²) in [6.45, 7) is 0.188. The molecule has 24 heavy (non-hydrogen) atoms. The van der Waals surface area contributed by atoms with E-state index < -0.39 is 4.92 Å². The van der Waals surface area contributed by atoms with Gasteiger partial charge in [0.25, 0.3) is 11.2 Å². The zero-order chi connectivity index (χ0) is 17.1. The summed E-state index contributed by atoms with van der Waals surface area (Å²) in [7, 11) is 1.60. The SMILES string of the molecule is COc1ccc(-c2nc(Cn3cc([N+](=O)[O-])ccc3=O)cs2)cc1. The second-order valence-electron chi connectivity index (χ2n) is 4.98. The first-order chi connectivity index (χ1) is 11.6. The number of pyridine rings is 1. The van der Waals surface area contributed by atoms with Crippen LogP contribution in [0.15, 0.2) is 52.8 Å². The lowest BCUT2D eigenvalue weighted by Gasteiger charge is -2.03. The molecule has 0 aliphatic carbocycles. The summed E-state index contributed by atoms with van der Waals surface area (Å²) in [5.41, 5.74) is 1.19. The fourth-order valence-electron chi connectivity index (χ4n) is 2.17. The number of methoxy groups -OCH3 is 1. The van der Waals surface area contributed by atoms with Gasteiger partial charge in [0.15, 0.2) is 0 Å². The van der Waals surface area contributed by atoms with Crippen molar-refractivity contribution in [3.63, 3.8) is 0 Å². The van der Waals surface area contributed by atoms with Crippen molar-refractivity contribution in [2.75, 3.05) is 7.11 Å². The first-order valence-electron chi connectivity index (χ1n) is 7.00. The summed E-state index contributed by atoms with van der Waals surface area (Å²) >= 11 is 1.45. The third kappa shape index (κ3) is 3.33. The average Bonchev–Trinajstić information content (AvgIpc) is 3.05. The fraction of sp³-hybridized carbons (Fsp3) is 0.125. The molecule has 1 aromatic carbocycles. The van der Waals surface area contributed by atoms with E-state index >= 15 is 0 Å². The Morgan fingerprint density at radius 3 is 2.67 bits per heavy atom. The van der Waals surface area contributed by atoms with Gasteiger partial charge in [-0.1, -0.05) is 0 Å². The lowest BCUT2D eigenvalue weighted by atomic mass is 10.2. The largest absolute Gasteiger partial charge is 0.497 e. The van der Waals surface area contributed by atoms with Gasteiger partial charge < -0.3 is 9.30 Å². The molecule has 0 atom stereocenters. The number of aromatic nitrogens is 2. The third-order valence-corrected chi connectivity index (χ3v) is 4.34. The molecule has 0 amide bonds. The zero-order valence-corrected chi connectivity index (χ0v) is 13.5. The molecule has 3 aromatic rings. The normalized spacial score (nSPS) is 10.5. The van der Waals surface area contributed by atoms with Crippen LogP contribution in [0.25, 0.3) is 10.6 Å². The second-order valence-corrected chi connectivity index (χ2v) is 5.84. The maximum absolute atomic E-state index is 11.8. The predicted molar refractivity (Wildman–Crippen MR) is 90.6 cm³/mol. The van der Waals surface area contributed by atoms with Crippen molar-refractivity contribution in [3.05, 3.63) is 74.1 Å². The van der Waals surface area contributed by atoms with E-state index in [9.17, 15) is 14.9 Å². The number of ether oxygens (including phenoxy) is 1. The number of rotatable bonds is 5. The molecule has 3 rings (SSSR count). The standard InChI is InChI=1S/C16H13N3O4S/c1-23-14-5-2-11(3-6-14)16-17-12(10-24-16)8-18-9-13(19(21)22)4-7-15(18)20/h2-7,9-10H,8H2,1H3. The Bertz CT molecular complexity index is 931. The number of nitro groups is 1. The van der Waals surface area contributed by atoms with Crippen molar-refractivity contribution >= 4 is 17.0 Å². The minimum atomic E-state index is -0.528. The van der Waals surface area contributed by atoms with Gasteiger partial charge in [0.1, 0.15) is 10.8 Å². The lowest BCUT2D eigenvalue weighted by molar-refractivity contribution is -0.385. The van der Waals surface area contributed by atoms with Crippen molar-refractivity contribution < 1.29 is 9.66 Å². The molecule has 122 valence electrons. The smallest absolute Gasteiger partial charge is 0.285 e. The number of hydrogen-bond acceptors (Lipinski definition) is 6. The van der Waals surface area contributed by atoms with Crippen LogP contribution in [0.5, 0.6) is 5.75 Å². The Kier molecular flexibility index (Phi) is 4.39. The van der Waals surface area contributed by atoms with E-state index in [1.54, 1.807) is 7.11 Å². The van der Waals surface area contributed by atoms with Crippen LogP contribution in [0.3, 0.4) is 0 Å². The van der Waals surface area contributed by atoms with E-state index in [0.29, 0.717) is 5.69 Å². The number of benzene rings is 1. The summed E-state index contributed by atoms with van der Waals surface area (Å²) in [5.74, 6) is 0.763. The molecule has 0 N–H and O–H groups in total. The first-order valence-corrected chi connectivity index (χ1v) is 7.88. The molecule has 0 aliphatic rings. The molecule has 0 saturated carbocycles. The van der Waals surface area contributed by atoms with E-state index in [2.05, 4.69) is 4.98 Å². The molecule has 0 bridgehead atoms. The molecular weight excluding hydrogens is 330 g/mol. The molecule has 0 unspecified atom stereocenters. The maximum atomic E-state index is 11.8. The highest BCUT2D eigenvalue weighted by molar-refractivity contribution is 7.13. The van der Waals surface area contributed by atoms with Gasteiger partial charge >= 0.3 is 0 Å². The molecule has 2 heterocycles. The highest BCUT2D eigenvalue weighted by Crippen LogP contribution is 2.26. The molecular formula is C16H13N3O4S. The van der Waals surface area contributed by atoms with Crippen molar-refractivity contribution in [1.29, 1.82) is 0 Å². The van der Waals surface area contributed by atoms with E-state index in [1.807, 2.05) is 29.6 Å². The minimum Gasteiger partial charge on any atom is -0.497 e. The van der Waals surface area contributed by atoms with E-state index in [1.165, 1.54) is 34.2 Å². The van der Waals surface area contributed by atoms with Gasteiger partial charge in [0, 0.05) is 23.1 Å². The van der Waals surface area contributed by atoms with Crippen LogP contribution in [0.4, 0.5) is 5.69 Å². The van der Waals surface area contributed by atoms with Gasteiger partial charge in [0.05, 0.1) is 30.5 Å². The highest BCUT2D eigenvalue weighted by Gasteiger charge is 2.10. The topological polar surface area (TPSA) is 87.3 Å². The van der Waals surface area contributed by atoms with Gasteiger partial charge in [-0.2, -0.15) is 0 Å². The summed E-state index contributed by atoms with van der Waals surface area (Å²) in [6.07, 6.45) is 1.23. The quantitative estimate of drug-likeness (QED) is 0.525. The third-order valence-electron chi connectivity index (χ3n) is 3.40. The fourth-order valence-corrected chi connectivity index (χ4v) is 2.99. The summed E-state index contributed by atoms with van der Waals surface area (Å²) in [4.78, 5) is 26.6. The average molecular weight is 343 g/mol. The molecule has 0 saturated heterocycles. The van der Waals surface area contributed by atoms with E-state index in [4.69, 9.17) is 4.74 Å². The summed E-state index contributed by atoms with van der Waals surface area (Å²) in [5, 5.41) is 13.5. The molecule has 2 aromatic heterocycles. The number of nitrogens with zero attached hydrogens (tertiary/aromatic N) is 3. The number of hydrogen-bond donors (Lipinski definition) is 0. The lowest BCUT2D eigenvalue weighted by Crippen LogP contribution is -2.19. The molecule has 0 spiro atoms. The first kappa shape index (κ1) is 15.9. The van der Waals surface area contributed by atoms with Gasteiger partial charge in [-0.25, -0.2) is 4.98 Å². The van der Waals surface area contributed by atoms with E-state index in [-0.39, 0.29) is 17.8 Å². The highest BCUT2D eigenvalue weighted by atomic mass is 32.1. The molecule has 0 radical (unpaired) electrons. The van der Waals surface area contributed by atoms with Crippen LogP contribution in [-0.2, 0) is 6.54 Å². The minimum absolute atomic E-state index is 0.125. The molecule has 0 aliphatic heterocycles. The number of thiazole rings is 1. The maximum Gasteiger partial charge on any atom is 0.285 e. The van der Waals surface area contributed by atoms with Crippen LogP contribution >= 0.6 is 11.3 Å². The Morgan fingerprint density at radius 1 is 1.25 bits per heavy atom. The van der Waals surface area contributed by atoms with Crippen molar-refractivity contribution in [2.45, 2.75) is 6.54 Å². The Morgan fingerprint density at radius 2 is 2.00 bits per heavy atom. The van der Waals surface area contributed by atoms with Crippen molar-refractivity contribution in [3.8, 4) is 16.3 Å². The van der Waals surface area contributed by atoms with Crippen LogP contribution in [-0.4, -0.2) is 21.6 Å². The Labute approximate surface area is 140 Å². The van der Waals surface area contributed by atoms with Gasteiger partial charge in [-0.05, 0) is 24.3 Å². The second kappa shape index (κ2) is 6.63. The monoisotopic (exact) mass is 343 g/mol. The summed E-state index contributed by atoms with van der Waals surface area (Å²) in [6, 6.07) is 9.89. The van der Waals surface area contributed by atoms with Gasteiger partial charge in [0.2, 0.25) is 0 Å². The van der Waals surface area contributed by atoms with Crippen molar-refractivity contribution in [1.82, 2.24) is 9.55 Å².